The maximum atomic E-state index is 2.31. The van der Waals surface area contributed by atoms with Gasteiger partial charge in [0.1, 0.15) is 0 Å². The van der Waals surface area contributed by atoms with Gasteiger partial charge in [0.05, 0.1) is 0 Å². The van der Waals surface area contributed by atoms with Gasteiger partial charge in [-0.15, -0.1) is 0 Å². The zero-order valence-corrected chi connectivity index (χ0v) is 53.1. The molecular formula is C68H190. The Hall–Kier alpha value is 0. The maximum Gasteiger partial charge on any atom is -0.0443 e. The molecule has 0 aromatic heterocycles. The summed E-state index contributed by atoms with van der Waals surface area (Å²) in [5, 5.41) is 0. The molecule has 0 N–H and O–H groups in total. The largest absolute Gasteiger partial charge is 0.0776 e. The van der Waals surface area contributed by atoms with Crippen LogP contribution in [0.25, 0.3) is 0 Å². The Bertz CT molecular complexity index is 211. The number of hydrogen-bond donors (Lipinski definition) is 0. The van der Waals surface area contributed by atoms with Gasteiger partial charge in [-0.25, -0.2) is 0 Å². The summed E-state index contributed by atoms with van der Waals surface area (Å²) >= 11 is 0. The predicted octanol–water partition coefficient (Wildman–Crippen LogP) is 32.4. The van der Waals surface area contributed by atoms with Crippen molar-refractivity contribution < 1.29 is 0 Å². The SMILES string of the molecule is C.C.C.C.C.C.C.C.C.CC.CC.CC.CC.CC.CC.CC.CC.CC.CC.CC.CC.CC.CC.CC.CC.CC.CC.CC1CC1.CC1CC1.CC1CCC1.CC1CCC1.CC1CCC1. The molecule has 5 rings (SSSR count). The molecule has 0 spiro atoms. The summed E-state index contributed by atoms with van der Waals surface area (Å²) in [5.41, 5.74) is 0. The van der Waals surface area contributed by atoms with E-state index in [2.05, 4.69) is 34.6 Å². The van der Waals surface area contributed by atoms with E-state index < -0.39 is 0 Å². The summed E-state index contributed by atoms with van der Waals surface area (Å²) in [7, 11) is 0. The van der Waals surface area contributed by atoms with E-state index in [1.54, 1.807) is 0 Å². The summed E-state index contributed by atoms with van der Waals surface area (Å²) in [4.78, 5) is 0. The molecule has 0 bridgehead atoms. The van der Waals surface area contributed by atoms with Crippen molar-refractivity contribution in [3.63, 3.8) is 0 Å². The molecule has 5 aliphatic carbocycles. The van der Waals surface area contributed by atoms with Crippen molar-refractivity contribution in [2.24, 2.45) is 29.6 Å². The summed E-state index contributed by atoms with van der Waals surface area (Å²) < 4.78 is 0. The highest BCUT2D eigenvalue weighted by atomic mass is 14.2. The van der Waals surface area contributed by atoms with E-state index in [-0.39, 0.29) is 66.8 Å². The maximum absolute atomic E-state index is 2.31. The van der Waals surface area contributed by atoms with Gasteiger partial charge < -0.3 is 0 Å². The molecule has 0 aromatic rings. The Morgan fingerprint density at radius 2 is 0.176 bits per heavy atom. The minimum atomic E-state index is 0. The molecule has 0 nitrogen and oxygen atoms in total. The smallest absolute Gasteiger partial charge is 0.0443 e. The van der Waals surface area contributed by atoms with Gasteiger partial charge in [0, 0.05) is 0 Å². The Morgan fingerprint density at radius 3 is 0.176 bits per heavy atom. The van der Waals surface area contributed by atoms with Gasteiger partial charge in [-0.05, 0) is 29.6 Å². The average molecular weight is 1010 g/mol. The molecule has 0 amide bonds. The lowest BCUT2D eigenvalue weighted by molar-refractivity contribution is 0.346. The highest BCUT2D eigenvalue weighted by molar-refractivity contribution is 4.66. The van der Waals surface area contributed by atoms with Crippen LogP contribution >= 0.6 is 0 Å². The zero-order valence-electron chi connectivity index (χ0n) is 53.1. The lowest BCUT2D eigenvalue weighted by atomic mass is 9.88. The van der Waals surface area contributed by atoms with Crippen LogP contribution < -0.4 is 0 Å². The fourth-order valence-electron chi connectivity index (χ4n) is 2.17. The third kappa shape index (κ3) is 484. The number of rotatable bonds is 0. The first-order valence-electron chi connectivity index (χ1n) is 29.0. The molecule has 0 aromatic carbocycles. The molecule has 0 atom stereocenters. The van der Waals surface area contributed by atoms with Crippen LogP contribution in [0.4, 0.5) is 0 Å². The second kappa shape index (κ2) is 372. The van der Waals surface area contributed by atoms with E-state index in [1.807, 2.05) is 249 Å². The van der Waals surface area contributed by atoms with Crippen molar-refractivity contribution in [2.75, 3.05) is 0 Å². The second-order valence-electron chi connectivity index (χ2n) is 9.47. The van der Waals surface area contributed by atoms with Gasteiger partial charge in [0.25, 0.3) is 0 Å². The first-order chi connectivity index (χ1) is 29.0. The highest BCUT2D eigenvalue weighted by Gasteiger charge is 2.13. The van der Waals surface area contributed by atoms with Gasteiger partial charge in [-0.1, -0.05) is 434 Å². The van der Waals surface area contributed by atoms with Gasteiger partial charge >= 0.3 is 0 Å². The molecule has 0 heteroatoms. The van der Waals surface area contributed by atoms with Gasteiger partial charge in [-0.3, -0.25) is 0 Å². The quantitative estimate of drug-likeness (QED) is 0.227. The fourth-order valence-corrected chi connectivity index (χ4v) is 2.17. The van der Waals surface area contributed by atoms with Crippen molar-refractivity contribution in [1.29, 1.82) is 0 Å². The molecule has 0 heterocycles. The monoisotopic (exact) mass is 1010 g/mol. The Morgan fingerprint density at radius 1 is 0.132 bits per heavy atom. The molecule has 68 heavy (non-hydrogen) atoms. The third-order valence-corrected chi connectivity index (χ3v) is 5.91. The van der Waals surface area contributed by atoms with Gasteiger partial charge in [0.15, 0.2) is 0 Å². The summed E-state index contributed by atoms with van der Waals surface area (Å²) in [5.74, 6) is 5.36. The Kier molecular flexibility index (Phi) is 994. The minimum Gasteiger partial charge on any atom is -0.0776 e. The van der Waals surface area contributed by atoms with Gasteiger partial charge in [0.2, 0.25) is 0 Å². The van der Waals surface area contributed by atoms with E-state index in [0.29, 0.717) is 0 Å². The molecule has 0 radical (unpaired) electrons. The minimum absolute atomic E-state index is 0. The predicted molar refractivity (Wildman–Crippen MR) is 371 cm³/mol. The topological polar surface area (TPSA) is 0 Å². The van der Waals surface area contributed by atoms with E-state index >= 15 is 0 Å². The van der Waals surface area contributed by atoms with Crippen LogP contribution in [-0.2, 0) is 0 Å². The van der Waals surface area contributed by atoms with Crippen molar-refractivity contribution in [3.8, 4) is 0 Å². The Balaban J connectivity index is -0.0000000104. The molecule has 0 aliphatic heterocycles. The average Bonchev–Trinajstić information content (AvgIpc) is 4.33. The van der Waals surface area contributed by atoms with Crippen LogP contribution in [0.3, 0.4) is 0 Å². The second-order valence-corrected chi connectivity index (χ2v) is 9.47. The van der Waals surface area contributed by atoms with Crippen LogP contribution in [0.5, 0.6) is 0 Å². The molecule has 462 valence electrons. The van der Waals surface area contributed by atoms with Crippen molar-refractivity contribution >= 4 is 0 Å². The van der Waals surface area contributed by atoms with E-state index in [0.717, 1.165) is 29.6 Å². The molecular weight excluding hydrogens is 817 g/mol. The highest BCUT2D eigenvalue weighted by Crippen LogP contribution is 2.27. The van der Waals surface area contributed by atoms with Crippen LogP contribution in [0.15, 0.2) is 0 Å². The van der Waals surface area contributed by atoms with Crippen LogP contribution in [0, 0.1) is 29.6 Å². The van der Waals surface area contributed by atoms with Gasteiger partial charge in [-0.2, -0.15) is 0 Å². The fraction of sp³-hybridized carbons (Fsp3) is 1.00. The van der Waals surface area contributed by atoms with Crippen LogP contribution in [0.1, 0.15) is 434 Å². The molecule has 5 fully saturated rings. The molecule has 0 unspecified atom stereocenters. The summed E-state index contributed by atoms with van der Waals surface area (Å²) in [6.07, 6.45) is 19.3. The van der Waals surface area contributed by atoms with E-state index in [9.17, 15) is 0 Å². The summed E-state index contributed by atoms with van der Waals surface area (Å²) in [6.45, 7) is 83.5. The standard InChI is InChI=1S/3C5H10.2C4H8.18C2H6.9CH4/c3*1-5-3-2-4-5;2*1-4-2-3-4;18*1-2;;;;;;;;;/h3*5H,2-4H2,1H3;2*4H,2-3H2,1H3;18*1-2H3;9*1H4. The third-order valence-electron chi connectivity index (χ3n) is 5.91. The van der Waals surface area contributed by atoms with Crippen LogP contribution in [0.2, 0.25) is 0 Å². The number of hydrogen-bond acceptors (Lipinski definition) is 0. The first kappa shape index (κ1) is 182. The van der Waals surface area contributed by atoms with Crippen molar-refractivity contribution in [1.82, 2.24) is 0 Å². The van der Waals surface area contributed by atoms with E-state index in [1.165, 1.54) is 83.5 Å². The lowest BCUT2D eigenvalue weighted by Crippen LogP contribution is -2.04. The molecule has 5 aliphatic rings. The van der Waals surface area contributed by atoms with E-state index in [4.69, 9.17) is 0 Å². The molecule has 5 saturated carbocycles. The normalized spacial score (nSPS) is 10.4. The molecule has 0 saturated heterocycles. The zero-order chi connectivity index (χ0) is 53.1. The summed E-state index contributed by atoms with van der Waals surface area (Å²) in [6, 6.07) is 0. The Labute approximate surface area is 461 Å². The lowest BCUT2D eigenvalue weighted by Gasteiger charge is -2.18. The van der Waals surface area contributed by atoms with Crippen molar-refractivity contribution in [3.05, 3.63) is 0 Å². The van der Waals surface area contributed by atoms with Crippen molar-refractivity contribution in [2.45, 2.75) is 434 Å². The first-order valence-corrected chi connectivity index (χ1v) is 29.0. The van der Waals surface area contributed by atoms with Crippen LogP contribution in [-0.4, -0.2) is 0 Å².